The number of anilines is 1. The third-order valence-corrected chi connectivity index (χ3v) is 5.02. The zero-order chi connectivity index (χ0) is 21.3. The fraction of sp³-hybridized carbons (Fsp3) is 0.381. The lowest BCUT2D eigenvalue weighted by atomic mass is 10.1. The number of carbonyl (C=O) groups is 1. The number of carbonyl (C=O) groups excluding carboxylic acids is 1. The first-order chi connectivity index (χ1) is 14.4. The minimum absolute atomic E-state index is 0.0784. The van der Waals surface area contributed by atoms with Crippen LogP contribution in [-0.4, -0.2) is 61.5 Å². The maximum Gasteiger partial charge on any atom is 0.256 e. The summed E-state index contributed by atoms with van der Waals surface area (Å²) in [5.41, 5.74) is 3.97. The molecule has 0 radical (unpaired) electrons. The van der Waals surface area contributed by atoms with E-state index in [2.05, 4.69) is 20.2 Å². The molecule has 0 aliphatic carbocycles. The maximum atomic E-state index is 13.5. The van der Waals surface area contributed by atoms with Gasteiger partial charge in [0.1, 0.15) is 0 Å². The van der Waals surface area contributed by atoms with Crippen LogP contribution < -0.4 is 5.06 Å². The highest BCUT2D eigenvalue weighted by Gasteiger charge is 2.29. The van der Waals surface area contributed by atoms with Gasteiger partial charge in [-0.05, 0) is 45.9 Å². The Morgan fingerprint density at radius 3 is 2.43 bits per heavy atom. The fourth-order valence-corrected chi connectivity index (χ4v) is 3.54. The van der Waals surface area contributed by atoms with E-state index in [4.69, 9.17) is 4.84 Å². The molecule has 1 aliphatic heterocycles. The SMILES string of the molecule is Cc1ccc(-n2nccn2)c(C(=O)N2CCN(c3nc(C)cc(C)n3)OC[C@H]2C)c1. The number of rotatable bonds is 3. The van der Waals surface area contributed by atoms with Crippen LogP contribution in [0, 0.1) is 20.8 Å². The summed E-state index contributed by atoms with van der Waals surface area (Å²) in [6.07, 6.45) is 3.19. The Bertz CT molecular complexity index is 1030. The van der Waals surface area contributed by atoms with Crippen LogP contribution in [0.15, 0.2) is 36.7 Å². The van der Waals surface area contributed by atoms with Gasteiger partial charge in [0.25, 0.3) is 5.91 Å². The van der Waals surface area contributed by atoms with Crippen molar-refractivity contribution >= 4 is 11.9 Å². The summed E-state index contributed by atoms with van der Waals surface area (Å²) in [4.78, 5) is 31.7. The van der Waals surface area contributed by atoms with Gasteiger partial charge in [0, 0.05) is 17.9 Å². The number of nitrogens with zero attached hydrogens (tertiary/aromatic N) is 7. The molecule has 4 rings (SSSR count). The molecule has 1 aromatic carbocycles. The van der Waals surface area contributed by atoms with E-state index in [9.17, 15) is 4.79 Å². The molecule has 9 nitrogen and oxygen atoms in total. The summed E-state index contributed by atoms with van der Waals surface area (Å²) < 4.78 is 0. The van der Waals surface area contributed by atoms with Crippen LogP contribution in [0.4, 0.5) is 5.95 Å². The van der Waals surface area contributed by atoms with Crippen molar-refractivity contribution in [3.8, 4) is 5.69 Å². The van der Waals surface area contributed by atoms with Gasteiger partial charge in [-0.15, -0.1) is 0 Å². The van der Waals surface area contributed by atoms with Crippen LogP contribution in [0.25, 0.3) is 5.69 Å². The normalized spacial score (nSPS) is 17.1. The molecule has 0 N–H and O–H groups in total. The predicted molar refractivity (Wildman–Crippen MR) is 111 cm³/mol. The number of aryl methyl sites for hydroxylation is 3. The van der Waals surface area contributed by atoms with Crippen molar-refractivity contribution in [2.24, 2.45) is 0 Å². The van der Waals surface area contributed by atoms with E-state index in [0.717, 1.165) is 17.0 Å². The second-order valence-electron chi connectivity index (χ2n) is 7.54. The molecule has 1 amide bonds. The summed E-state index contributed by atoms with van der Waals surface area (Å²) in [6, 6.07) is 7.50. The third kappa shape index (κ3) is 4.02. The zero-order valence-electron chi connectivity index (χ0n) is 17.6. The molecule has 0 bridgehead atoms. The molecule has 1 aliphatic rings. The Labute approximate surface area is 175 Å². The maximum absolute atomic E-state index is 13.5. The topological polar surface area (TPSA) is 89.3 Å². The second-order valence-corrected chi connectivity index (χ2v) is 7.54. The van der Waals surface area contributed by atoms with Crippen molar-refractivity contribution in [2.75, 3.05) is 24.8 Å². The quantitative estimate of drug-likeness (QED) is 0.658. The molecular formula is C21H25N7O2. The molecule has 2 aromatic heterocycles. The largest absolute Gasteiger partial charge is 0.332 e. The molecule has 1 fully saturated rings. The van der Waals surface area contributed by atoms with E-state index >= 15 is 0 Å². The molecule has 0 unspecified atom stereocenters. The first kappa shape index (κ1) is 20.0. The average Bonchev–Trinajstić information content (AvgIpc) is 3.16. The van der Waals surface area contributed by atoms with Crippen LogP contribution in [0.3, 0.4) is 0 Å². The molecule has 3 heterocycles. The summed E-state index contributed by atoms with van der Waals surface area (Å²) >= 11 is 0. The van der Waals surface area contributed by atoms with Gasteiger partial charge in [0.2, 0.25) is 5.95 Å². The van der Waals surface area contributed by atoms with Gasteiger partial charge in [-0.1, -0.05) is 11.6 Å². The van der Waals surface area contributed by atoms with Crippen LogP contribution in [0.2, 0.25) is 0 Å². The Hall–Kier alpha value is -3.33. The van der Waals surface area contributed by atoms with Crippen molar-refractivity contribution in [2.45, 2.75) is 33.7 Å². The zero-order valence-corrected chi connectivity index (χ0v) is 17.6. The van der Waals surface area contributed by atoms with Gasteiger partial charge in [-0.2, -0.15) is 15.0 Å². The van der Waals surface area contributed by atoms with Gasteiger partial charge >= 0.3 is 0 Å². The molecule has 30 heavy (non-hydrogen) atoms. The van der Waals surface area contributed by atoms with Gasteiger partial charge in [0.05, 0.1) is 42.8 Å². The van der Waals surface area contributed by atoms with Gasteiger partial charge in [-0.3, -0.25) is 9.63 Å². The number of aromatic nitrogens is 5. The Morgan fingerprint density at radius 2 is 1.73 bits per heavy atom. The van der Waals surface area contributed by atoms with Gasteiger partial charge < -0.3 is 4.90 Å². The monoisotopic (exact) mass is 407 g/mol. The molecule has 1 atom stereocenters. The number of hydroxylamine groups is 1. The van der Waals surface area contributed by atoms with Crippen LogP contribution >= 0.6 is 0 Å². The van der Waals surface area contributed by atoms with Crippen LogP contribution in [0.5, 0.6) is 0 Å². The minimum Gasteiger partial charge on any atom is -0.332 e. The molecule has 1 saturated heterocycles. The highest BCUT2D eigenvalue weighted by atomic mass is 16.7. The Balaban J connectivity index is 1.60. The molecule has 156 valence electrons. The first-order valence-corrected chi connectivity index (χ1v) is 9.93. The molecule has 9 heteroatoms. The van der Waals surface area contributed by atoms with Gasteiger partial charge in [-0.25, -0.2) is 15.0 Å². The number of hydrogen-bond donors (Lipinski definition) is 0. The van der Waals surface area contributed by atoms with Crippen LogP contribution in [0.1, 0.15) is 34.2 Å². The Kier molecular flexibility index (Phi) is 5.45. The molecular weight excluding hydrogens is 382 g/mol. The summed E-state index contributed by atoms with van der Waals surface area (Å²) in [6.45, 7) is 9.10. The third-order valence-electron chi connectivity index (χ3n) is 5.02. The second kappa shape index (κ2) is 8.19. The summed E-state index contributed by atoms with van der Waals surface area (Å²) in [5.74, 6) is 0.441. The summed E-state index contributed by atoms with van der Waals surface area (Å²) in [5, 5.41) is 10.1. The average molecular weight is 407 g/mol. The van der Waals surface area contributed by atoms with E-state index in [1.165, 1.54) is 4.80 Å². The van der Waals surface area contributed by atoms with E-state index < -0.39 is 0 Å². The lowest BCUT2D eigenvalue weighted by molar-refractivity contribution is 0.0596. The molecule has 3 aromatic rings. The smallest absolute Gasteiger partial charge is 0.256 e. The lowest BCUT2D eigenvalue weighted by Gasteiger charge is -2.26. The van der Waals surface area contributed by atoms with Crippen LogP contribution in [-0.2, 0) is 4.84 Å². The summed E-state index contributed by atoms with van der Waals surface area (Å²) in [7, 11) is 0. The number of hydrogen-bond acceptors (Lipinski definition) is 7. The van der Waals surface area contributed by atoms with Crippen molar-refractivity contribution < 1.29 is 9.63 Å². The molecule has 0 saturated carbocycles. The Morgan fingerprint density at radius 1 is 1.03 bits per heavy atom. The van der Waals surface area contributed by atoms with Crippen molar-refractivity contribution in [3.05, 3.63) is 59.2 Å². The number of benzene rings is 1. The minimum atomic E-state index is -0.118. The fourth-order valence-electron chi connectivity index (χ4n) is 3.54. The first-order valence-electron chi connectivity index (χ1n) is 9.93. The standard InChI is InChI=1S/C21H25N7O2/c1-14-5-6-19(28-22-7-8-23-28)18(11-14)20(29)26-9-10-27(30-13-17(26)4)21-24-15(2)12-16(3)25-21/h5-8,11-12,17H,9-10,13H2,1-4H3/t17-/m1/s1. The van der Waals surface area contributed by atoms with Gasteiger partial charge in [0.15, 0.2) is 0 Å². The van der Waals surface area contributed by atoms with E-state index in [-0.39, 0.29) is 11.9 Å². The van der Waals surface area contributed by atoms with Crippen molar-refractivity contribution in [3.63, 3.8) is 0 Å². The van der Waals surface area contributed by atoms with E-state index in [1.54, 1.807) is 17.5 Å². The predicted octanol–water partition coefficient (Wildman–Crippen LogP) is 2.27. The lowest BCUT2D eigenvalue weighted by Crippen LogP contribution is -2.41. The van der Waals surface area contributed by atoms with E-state index in [0.29, 0.717) is 36.9 Å². The highest BCUT2D eigenvalue weighted by Crippen LogP contribution is 2.21. The van der Waals surface area contributed by atoms with Crippen molar-refractivity contribution in [1.82, 2.24) is 29.9 Å². The van der Waals surface area contributed by atoms with E-state index in [1.807, 2.05) is 56.9 Å². The number of amides is 1. The molecule has 0 spiro atoms. The van der Waals surface area contributed by atoms with Crippen molar-refractivity contribution in [1.29, 1.82) is 0 Å². The highest BCUT2D eigenvalue weighted by molar-refractivity contribution is 5.98.